The van der Waals surface area contributed by atoms with Gasteiger partial charge in [-0.2, -0.15) is 0 Å². The van der Waals surface area contributed by atoms with Gasteiger partial charge in [0.2, 0.25) is 0 Å². The molecule has 0 heterocycles. The maximum Gasteiger partial charge on any atom is 0.0804 e. The molecule has 96 valence electrons. The number of rotatable bonds is 5. The van der Waals surface area contributed by atoms with Crippen molar-refractivity contribution in [2.45, 2.75) is 77.4 Å². The van der Waals surface area contributed by atoms with Gasteiger partial charge in [0.05, 0.1) is 5.60 Å². The lowest BCUT2D eigenvalue weighted by atomic mass is 9.80. The molecule has 2 nitrogen and oxygen atoms in total. The third-order valence-electron chi connectivity index (χ3n) is 4.29. The third-order valence-corrected chi connectivity index (χ3v) is 4.29. The highest BCUT2D eigenvalue weighted by atomic mass is 16.5. The smallest absolute Gasteiger partial charge is 0.0804 e. The standard InChI is InChI=1S/C14H29NO/c1-4-14(3,16-5-2)13(15)12-10-8-6-7-9-11-12/h12-13H,4-11,15H2,1-3H3. The summed E-state index contributed by atoms with van der Waals surface area (Å²) >= 11 is 0. The van der Waals surface area contributed by atoms with Crippen LogP contribution < -0.4 is 5.73 Å². The Hall–Kier alpha value is -0.0800. The Morgan fingerprint density at radius 1 is 1.19 bits per heavy atom. The molecule has 0 saturated heterocycles. The van der Waals surface area contributed by atoms with Gasteiger partial charge >= 0.3 is 0 Å². The first-order valence-corrected chi connectivity index (χ1v) is 7.03. The molecule has 1 rings (SSSR count). The largest absolute Gasteiger partial charge is 0.374 e. The monoisotopic (exact) mass is 227 g/mol. The average Bonchev–Trinajstić information content (AvgIpc) is 2.56. The molecule has 1 saturated carbocycles. The van der Waals surface area contributed by atoms with Crippen LogP contribution in [0.1, 0.15) is 65.7 Å². The molecule has 2 N–H and O–H groups in total. The lowest BCUT2D eigenvalue weighted by molar-refractivity contribution is -0.0606. The van der Waals surface area contributed by atoms with Gasteiger partial charge in [-0.3, -0.25) is 0 Å². The van der Waals surface area contributed by atoms with Crippen molar-refractivity contribution in [2.24, 2.45) is 11.7 Å². The van der Waals surface area contributed by atoms with E-state index in [1.54, 1.807) is 0 Å². The molecule has 16 heavy (non-hydrogen) atoms. The van der Waals surface area contributed by atoms with Crippen LogP contribution in [0, 0.1) is 5.92 Å². The van der Waals surface area contributed by atoms with E-state index in [0.29, 0.717) is 5.92 Å². The SMILES string of the molecule is CCOC(C)(CC)C(N)C1CCCCCC1. The van der Waals surface area contributed by atoms with E-state index >= 15 is 0 Å². The Morgan fingerprint density at radius 3 is 2.19 bits per heavy atom. The van der Waals surface area contributed by atoms with E-state index in [1.165, 1.54) is 38.5 Å². The minimum Gasteiger partial charge on any atom is -0.374 e. The maximum atomic E-state index is 6.47. The van der Waals surface area contributed by atoms with Crippen LogP contribution in [-0.2, 0) is 4.74 Å². The van der Waals surface area contributed by atoms with Gasteiger partial charge in [-0.1, -0.05) is 32.6 Å². The van der Waals surface area contributed by atoms with Gasteiger partial charge in [0.15, 0.2) is 0 Å². The zero-order valence-electron chi connectivity index (χ0n) is 11.3. The Bertz CT molecular complexity index is 187. The van der Waals surface area contributed by atoms with E-state index in [-0.39, 0.29) is 11.6 Å². The van der Waals surface area contributed by atoms with Crippen molar-refractivity contribution >= 4 is 0 Å². The molecule has 0 spiro atoms. The van der Waals surface area contributed by atoms with Crippen LogP contribution in [0.5, 0.6) is 0 Å². The van der Waals surface area contributed by atoms with E-state index in [0.717, 1.165) is 13.0 Å². The Kier molecular flexibility index (Phi) is 5.77. The summed E-state index contributed by atoms with van der Waals surface area (Å²) in [7, 11) is 0. The Balaban J connectivity index is 2.61. The molecular formula is C14H29NO. The van der Waals surface area contributed by atoms with Gasteiger partial charge < -0.3 is 10.5 Å². The molecule has 0 aromatic carbocycles. The summed E-state index contributed by atoms with van der Waals surface area (Å²) in [4.78, 5) is 0. The Labute approximate surface area is 101 Å². The van der Waals surface area contributed by atoms with Crippen LogP contribution in [0.4, 0.5) is 0 Å². The number of nitrogens with two attached hydrogens (primary N) is 1. The third kappa shape index (κ3) is 3.46. The first-order valence-electron chi connectivity index (χ1n) is 7.03. The van der Waals surface area contributed by atoms with Crippen molar-refractivity contribution in [1.29, 1.82) is 0 Å². The van der Waals surface area contributed by atoms with E-state index in [2.05, 4.69) is 20.8 Å². The topological polar surface area (TPSA) is 35.2 Å². The van der Waals surface area contributed by atoms with Gasteiger partial charge in [-0.15, -0.1) is 0 Å². The molecule has 2 heteroatoms. The maximum absolute atomic E-state index is 6.47. The van der Waals surface area contributed by atoms with E-state index in [9.17, 15) is 0 Å². The van der Waals surface area contributed by atoms with Crippen LogP contribution in [0.3, 0.4) is 0 Å². The molecule has 0 bridgehead atoms. The van der Waals surface area contributed by atoms with Crippen molar-refractivity contribution in [1.82, 2.24) is 0 Å². The van der Waals surface area contributed by atoms with Crippen LogP contribution in [-0.4, -0.2) is 18.2 Å². The highest BCUT2D eigenvalue weighted by Gasteiger charge is 2.35. The fourth-order valence-electron chi connectivity index (χ4n) is 2.93. The van der Waals surface area contributed by atoms with Crippen LogP contribution in [0.25, 0.3) is 0 Å². The number of hydrogen-bond donors (Lipinski definition) is 1. The first-order chi connectivity index (χ1) is 7.64. The van der Waals surface area contributed by atoms with Gasteiger partial charge in [0.1, 0.15) is 0 Å². The van der Waals surface area contributed by atoms with Gasteiger partial charge in [-0.05, 0) is 39.0 Å². The van der Waals surface area contributed by atoms with Crippen molar-refractivity contribution in [3.05, 3.63) is 0 Å². The highest BCUT2D eigenvalue weighted by molar-refractivity contribution is 4.91. The molecule has 2 unspecified atom stereocenters. The summed E-state index contributed by atoms with van der Waals surface area (Å²) < 4.78 is 5.91. The molecule has 0 aliphatic heterocycles. The predicted molar refractivity (Wildman–Crippen MR) is 69.5 cm³/mol. The highest BCUT2D eigenvalue weighted by Crippen LogP contribution is 2.32. The minimum atomic E-state index is -0.121. The normalized spacial score (nSPS) is 24.8. The molecular weight excluding hydrogens is 198 g/mol. The average molecular weight is 227 g/mol. The summed E-state index contributed by atoms with van der Waals surface area (Å²) in [6.07, 6.45) is 9.09. The molecule has 1 fully saturated rings. The summed E-state index contributed by atoms with van der Waals surface area (Å²) in [6, 6.07) is 0.204. The number of hydrogen-bond acceptors (Lipinski definition) is 2. The molecule has 1 aliphatic carbocycles. The fourth-order valence-corrected chi connectivity index (χ4v) is 2.93. The molecule has 0 aromatic heterocycles. The van der Waals surface area contributed by atoms with Crippen LogP contribution in [0.2, 0.25) is 0 Å². The summed E-state index contributed by atoms with van der Waals surface area (Å²) in [5, 5.41) is 0. The van der Waals surface area contributed by atoms with Crippen molar-refractivity contribution < 1.29 is 4.74 Å². The summed E-state index contributed by atoms with van der Waals surface area (Å²) in [6.45, 7) is 7.21. The lowest BCUT2D eigenvalue weighted by Gasteiger charge is -2.39. The predicted octanol–water partition coefficient (Wildman–Crippen LogP) is 3.49. The second-order valence-corrected chi connectivity index (χ2v) is 5.38. The zero-order chi connectivity index (χ0) is 12.0. The van der Waals surface area contributed by atoms with E-state index in [1.807, 2.05) is 0 Å². The van der Waals surface area contributed by atoms with Crippen molar-refractivity contribution in [2.75, 3.05) is 6.61 Å². The number of ether oxygens (including phenoxy) is 1. The van der Waals surface area contributed by atoms with Crippen LogP contribution in [0.15, 0.2) is 0 Å². The van der Waals surface area contributed by atoms with Crippen molar-refractivity contribution in [3.8, 4) is 0 Å². The molecule has 1 aliphatic rings. The second-order valence-electron chi connectivity index (χ2n) is 5.38. The molecule has 2 atom stereocenters. The van der Waals surface area contributed by atoms with E-state index < -0.39 is 0 Å². The van der Waals surface area contributed by atoms with Gasteiger partial charge in [0, 0.05) is 12.6 Å². The molecule has 0 aromatic rings. The Morgan fingerprint density at radius 2 is 1.75 bits per heavy atom. The fraction of sp³-hybridized carbons (Fsp3) is 1.00. The zero-order valence-corrected chi connectivity index (χ0v) is 11.3. The summed E-state index contributed by atoms with van der Waals surface area (Å²) in [5.74, 6) is 0.666. The van der Waals surface area contributed by atoms with Crippen LogP contribution >= 0.6 is 0 Å². The van der Waals surface area contributed by atoms with Crippen molar-refractivity contribution in [3.63, 3.8) is 0 Å². The second kappa shape index (κ2) is 6.61. The van der Waals surface area contributed by atoms with Gasteiger partial charge in [-0.25, -0.2) is 0 Å². The summed E-state index contributed by atoms with van der Waals surface area (Å²) in [5.41, 5.74) is 6.35. The first kappa shape index (κ1) is 14.0. The molecule has 0 radical (unpaired) electrons. The van der Waals surface area contributed by atoms with E-state index in [4.69, 9.17) is 10.5 Å². The van der Waals surface area contributed by atoms with Gasteiger partial charge in [0.25, 0.3) is 0 Å². The lowest BCUT2D eigenvalue weighted by Crippen LogP contribution is -2.51. The molecule has 0 amide bonds. The quantitative estimate of drug-likeness (QED) is 0.730. The minimum absolute atomic E-state index is 0.121.